The molecule has 0 heterocycles. The first-order valence-electron chi connectivity index (χ1n) is 9.76. The number of nitrogens with one attached hydrogen (secondary N) is 2. The Morgan fingerprint density at radius 1 is 1.07 bits per heavy atom. The molecule has 2 aromatic carbocycles. The average Bonchev–Trinajstić information content (AvgIpc) is 2.66. The fourth-order valence-electron chi connectivity index (χ4n) is 3.17. The van der Waals surface area contributed by atoms with Crippen LogP contribution in [0.4, 0.5) is 0 Å². The van der Waals surface area contributed by atoms with Crippen LogP contribution in [0.15, 0.2) is 48.5 Å². The molecule has 0 saturated heterocycles. The number of carbonyl (C=O) groups is 2. The minimum absolute atomic E-state index is 0.0538. The van der Waals surface area contributed by atoms with E-state index in [-0.39, 0.29) is 23.8 Å². The molecular formula is C23H30ClN3O2. The fraction of sp³-hybridized carbons (Fsp3) is 0.391. The van der Waals surface area contributed by atoms with Crippen molar-refractivity contribution in [3.8, 4) is 0 Å². The van der Waals surface area contributed by atoms with Gasteiger partial charge in [0, 0.05) is 17.1 Å². The van der Waals surface area contributed by atoms with Crippen LogP contribution in [0, 0.1) is 12.8 Å². The van der Waals surface area contributed by atoms with Crippen molar-refractivity contribution in [3.63, 3.8) is 0 Å². The molecular weight excluding hydrogens is 386 g/mol. The maximum atomic E-state index is 12.9. The summed E-state index contributed by atoms with van der Waals surface area (Å²) in [5.41, 5.74) is 2.49. The van der Waals surface area contributed by atoms with Gasteiger partial charge >= 0.3 is 0 Å². The summed E-state index contributed by atoms with van der Waals surface area (Å²) in [5.74, 6) is -0.514. The molecule has 0 aromatic heterocycles. The second-order valence-corrected chi connectivity index (χ2v) is 8.22. The lowest BCUT2D eigenvalue weighted by molar-refractivity contribution is -0.124. The van der Waals surface area contributed by atoms with Gasteiger partial charge in [-0.3, -0.25) is 9.59 Å². The number of hydrogen-bond donors (Lipinski definition) is 2. The number of benzene rings is 2. The molecule has 0 spiro atoms. The zero-order valence-corrected chi connectivity index (χ0v) is 18.5. The van der Waals surface area contributed by atoms with E-state index in [9.17, 15) is 9.59 Å². The Kier molecular flexibility index (Phi) is 8.23. The van der Waals surface area contributed by atoms with Crippen molar-refractivity contribution in [2.24, 2.45) is 5.92 Å². The molecule has 0 bridgehead atoms. The second kappa shape index (κ2) is 10.4. The molecule has 5 nitrogen and oxygen atoms in total. The van der Waals surface area contributed by atoms with Crippen LogP contribution in [0.1, 0.15) is 41.4 Å². The van der Waals surface area contributed by atoms with Crippen molar-refractivity contribution in [2.75, 3.05) is 20.6 Å². The van der Waals surface area contributed by atoms with Gasteiger partial charge in [0.25, 0.3) is 5.91 Å². The first kappa shape index (κ1) is 22.9. The third-order valence-electron chi connectivity index (χ3n) is 4.87. The van der Waals surface area contributed by atoms with Gasteiger partial charge in [0.2, 0.25) is 5.91 Å². The molecule has 0 aliphatic heterocycles. The molecule has 29 heavy (non-hydrogen) atoms. The highest BCUT2D eigenvalue weighted by atomic mass is 35.5. The molecule has 2 N–H and O–H groups in total. The third-order valence-corrected chi connectivity index (χ3v) is 5.22. The highest BCUT2D eigenvalue weighted by molar-refractivity contribution is 6.31. The van der Waals surface area contributed by atoms with Crippen molar-refractivity contribution in [1.29, 1.82) is 0 Å². The van der Waals surface area contributed by atoms with Crippen molar-refractivity contribution < 1.29 is 9.59 Å². The average molecular weight is 416 g/mol. The van der Waals surface area contributed by atoms with E-state index >= 15 is 0 Å². The van der Waals surface area contributed by atoms with Crippen LogP contribution in [0.2, 0.25) is 5.02 Å². The van der Waals surface area contributed by atoms with Gasteiger partial charge in [-0.1, -0.05) is 61.3 Å². The van der Waals surface area contributed by atoms with Crippen molar-refractivity contribution in [3.05, 3.63) is 70.2 Å². The van der Waals surface area contributed by atoms with E-state index in [0.29, 0.717) is 17.1 Å². The number of likely N-dealkylation sites (N-methyl/N-ethyl adjacent to an activating group) is 1. The summed E-state index contributed by atoms with van der Waals surface area (Å²) in [6.45, 7) is 6.15. The van der Waals surface area contributed by atoms with Crippen LogP contribution in [0.3, 0.4) is 0 Å². The van der Waals surface area contributed by atoms with Crippen LogP contribution in [-0.4, -0.2) is 43.4 Å². The molecule has 0 aliphatic rings. The number of halogens is 1. The lowest BCUT2D eigenvalue weighted by Crippen LogP contribution is -2.51. The van der Waals surface area contributed by atoms with Gasteiger partial charge in [0.1, 0.15) is 6.04 Å². The standard InChI is InChI=1S/C23H30ClN3O2/c1-15(2)21(26-22(28)17-10-8-9-16(3)13-17)23(29)25-14-20(27(4)5)18-11-6-7-12-19(18)24/h6-13,15,20-21H,14H2,1-5H3,(H,25,29)(H,26,28). The Morgan fingerprint density at radius 3 is 2.34 bits per heavy atom. The monoisotopic (exact) mass is 415 g/mol. The number of carbonyl (C=O) groups excluding carboxylic acids is 2. The van der Waals surface area contributed by atoms with E-state index in [0.717, 1.165) is 11.1 Å². The van der Waals surface area contributed by atoms with Gasteiger partial charge < -0.3 is 15.5 Å². The number of rotatable bonds is 8. The first-order valence-corrected chi connectivity index (χ1v) is 10.1. The Morgan fingerprint density at radius 2 is 1.76 bits per heavy atom. The first-order chi connectivity index (χ1) is 13.7. The Balaban J connectivity index is 2.08. The smallest absolute Gasteiger partial charge is 0.251 e. The van der Waals surface area contributed by atoms with E-state index < -0.39 is 6.04 Å². The number of aryl methyl sites for hydroxylation is 1. The van der Waals surface area contributed by atoms with Gasteiger partial charge in [0.15, 0.2) is 0 Å². The van der Waals surface area contributed by atoms with E-state index in [1.165, 1.54) is 0 Å². The normalized spacial score (nSPS) is 13.2. The fourth-order valence-corrected chi connectivity index (χ4v) is 3.43. The van der Waals surface area contributed by atoms with Gasteiger partial charge in [-0.05, 0) is 50.7 Å². The predicted octanol–water partition coefficient (Wildman–Crippen LogP) is 3.82. The van der Waals surface area contributed by atoms with Gasteiger partial charge in [-0.25, -0.2) is 0 Å². The summed E-state index contributed by atoms with van der Waals surface area (Å²) in [6.07, 6.45) is 0. The summed E-state index contributed by atoms with van der Waals surface area (Å²) >= 11 is 6.34. The minimum Gasteiger partial charge on any atom is -0.352 e. The van der Waals surface area contributed by atoms with E-state index in [4.69, 9.17) is 11.6 Å². The van der Waals surface area contributed by atoms with E-state index in [1.807, 2.05) is 82.2 Å². The summed E-state index contributed by atoms with van der Waals surface area (Å²) in [4.78, 5) is 27.5. The highest BCUT2D eigenvalue weighted by Gasteiger charge is 2.26. The Hall–Kier alpha value is -2.37. The van der Waals surface area contributed by atoms with Crippen LogP contribution < -0.4 is 10.6 Å². The lowest BCUT2D eigenvalue weighted by Gasteiger charge is -2.28. The molecule has 0 radical (unpaired) electrons. The number of hydrogen-bond acceptors (Lipinski definition) is 3. The Labute approximate surface area is 178 Å². The van der Waals surface area contributed by atoms with E-state index in [2.05, 4.69) is 10.6 Å². The molecule has 2 unspecified atom stereocenters. The summed E-state index contributed by atoms with van der Waals surface area (Å²) in [5, 5.41) is 6.52. The molecule has 2 amide bonds. The van der Waals surface area contributed by atoms with Crippen molar-refractivity contribution in [1.82, 2.24) is 15.5 Å². The van der Waals surface area contributed by atoms with Crippen LogP contribution >= 0.6 is 11.6 Å². The molecule has 0 aliphatic carbocycles. The third kappa shape index (κ3) is 6.31. The maximum Gasteiger partial charge on any atom is 0.251 e. The quantitative estimate of drug-likeness (QED) is 0.688. The molecule has 2 atom stereocenters. The van der Waals surface area contributed by atoms with E-state index in [1.54, 1.807) is 6.07 Å². The second-order valence-electron chi connectivity index (χ2n) is 7.81. The lowest BCUT2D eigenvalue weighted by atomic mass is 10.0. The zero-order chi connectivity index (χ0) is 21.6. The summed E-state index contributed by atoms with van der Waals surface area (Å²) in [7, 11) is 3.89. The van der Waals surface area contributed by atoms with Gasteiger partial charge in [-0.2, -0.15) is 0 Å². The maximum absolute atomic E-state index is 12.9. The van der Waals surface area contributed by atoms with Gasteiger partial charge in [-0.15, -0.1) is 0 Å². The molecule has 156 valence electrons. The number of nitrogens with zero attached hydrogens (tertiary/aromatic N) is 1. The van der Waals surface area contributed by atoms with Crippen molar-refractivity contribution in [2.45, 2.75) is 32.9 Å². The SMILES string of the molecule is Cc1cccc(C(=O)NC(C(=O)NCC(c2ccccc2Cl)N(C)C)C(C)C)c1. The number of amides is 2. The van der Waals surface area contributed by atoms with Gasteiger partial charge in [0.05, 0.1) is 6.04 Å². The molecule has 2 rings (SSSR count). The summed E-state index contributed by atoms with van der Waals surface area (Å²) < 4.78 is 0. The van der Waals surface area contributed by atoms with Crippen molar-refractivity contribution >= 4 is 23.4 Å². The molecule has 0 fully saturated rings. The topological polar surface area (TPSA) is 61.4 Å². The molecule has 0 saturated carbocycles. The highest BCUT2D eigenvalue weighted by Crippen LogP contribution is 2.25. The Bertz CT molecular complexity index is 852. The molecule has 6 heteroatoms. The minimum atomic E-state index is -0.628. The molecule has 2 aromatic rings. The largest absolute Gasteiger partial charge is 0.352 e. The van der Waals surface area contributed by atoms with Crippen LogP contribution in [-0.2, 0) is 4.79 Å². The summed E-state index contributed by atoms with van der Waals surface area (Å²) in [6, 6.07) is 14.2. The van der Waals surface area contributed by atoms with Crippen LogP contribution in [0.25, 0.3) is 0 Å². The zero-order valence-electron chi connectivity index (χ0n) is 17.7. The van der Waals surface area contributed by atoms with Crippen LogP contribution in [0.5, 0.6) is 0 Å². The predicted molar refractivity (Wildman–Crippen MR) is 118 cm³/mol.